The lowest BCUT2D eigenvalue weighted by Crippen LogP contribution is -2.37. The zero-order valence-corrected chi connectivity index (χ0v) is 8.86. The summed E-state index contributed by atoms with van der Waals surface area (Å²) in [5, 5.41) is 18.3. The van der Waals surface area contributed by atoms with E-state index in [1.54, 1.807) is 18.2 Å². The van der Waals surface area contributed by atoms with Crippen LogP contribution in [0, 0.1) is 0 Å². The number of aliphatic hydroxyl groups excluding tert-OH is 1. The van der Waals surface area contributed by atoms with E-state index in [0.29, 0.717) is 6.42 Å². The second-order valence-corrected chi connectivity index (χ2v) is 4.32. The summed E-state index contributed by atoms with van der Waals surface area (Å²) >= 11 is 0. The minimum absolute atomic E-state index is 0.143. The monoisotopic (exact) mass is 208 g/mol. The fourth-order valence-corrected chi connectivity index (χ4v) is 1.99. The van der Waals surface area contributed by atoms with Gasteiger partial charge in [0.15, 0.2) is 0 Å². The molecular weight excluding hydrogens is 192 g/mol. The number of aliphatic hydroxyl groups is 1. The number of phenolic OH excluding ortho intramolecular Hbond substituents is 1. The van der Waals surface area contributed by atoms with Gasteiger partial charge in [0.05, 0.1) is 0 Å². The average Bonchev–Trinajstić information content (AvgIpc) is 2.19. The van der Waals surface area contributed by atoms with Crippen LogP contribution in [-0.4, -0.2) is 22.4 Å². The van der Waals surface area contributed by atoms with Crippen molar-refractivity contribution in [3.63, 3.8) is 0 Å². The molecule has 15 heavy (non-hydrogen) atoms. The van der Waals surface area contributed by atoms with E-state index >= 15 is 0 Å². The van der Waals surface area contributed by atoms with Gasteiger partial charge in [0.25, 0.3) is 0 Å². The number of hydrogen-bond donors (Lipinski definition) is 2. The van der Waals surface area contributed by atoms with Crippen LogP contribution in [0.2, 0.25) is 0 Å². The van der Waals surface area contributed by atoms with Crippen molar-refractivity contribution in [3.05, 3.63) is 23.8 Å². The van der Waals surface area contributed by atoms with Crippen molar-refractivity contribution in [3.8, 4) is 11.5 Å². The molecule has 0 radical (unpaired) electrons. The highest BCUT2D eigenvalue weighted by molar-refractivity contribution is 5.41. The molecule has 0 amide bonds. The Kier molecular flexibility index (Phi) is 2.57. The van der Waals surface area contributed by atoms with E-state index in [9.17, 15) is 5.11 Å². The zero-order chi connectivity index (χ0) is 10.9. The maximum absolute atomic E-state index is 9.33. The Morgan fingerprint density at radius 3 is 3.00 bits per heavy atom. The van der Waals surface area contributed by atoms with Crippen LogP contribution >= 0.6 is 0 Å². The maximum Gasteiger partial charge on any atom is 0.123 e. The Morgan fingerprint density at radius 1 is 1.47 bits per heavy atom. The van der Waals surface area contributed by atoms with E-state index < -0.39 is 0 Å². The molecule has 2 N–H and O–H groups in total. The smallest absolute Gasteiger partial charge is 0.123 e. The molecular formula is C12H16O3. The van der Waals surface area contributed by atoms with Crippen molar-refractivity contribution in [2.75, 3.05) is 6.61 Å². The standard InChI is InChI=1S/C12H16O3/c1-12(6-7-13)5-4-9-8-10(14)2-3-11(9)15-12/h2-3,8,13-14H,4-7H2,1H3. The molecule has 82 valence electrons. The molecule has 0 saturated carbocycles. The van der Waals surface area contributed by atoms with Crippen LogP contribution in [0.5, 0.6) is 11.5 Å². The number of fused-ring (bicyclic) bond motifs is 1. The maximum atomic E-state index is 9.33. The molecule has 1 heterocycles. The van der Waals surface area contributed by atoms with E-state index in [2.05, 4.69) is 0 Å². The molecule has 0 saturated heterocycles. The van der Waals surface area contributed by atoms with Crippen LogP contribution in [0.4, 0.5) is 0 Å². The molecule has 1 unspecified atom stereocenters. The van der Waals surface area contributed by atoms with Gasteiger partial charge < -0.3 is 14.9 Å². The molecule has 1 aromatic rings. The topological polar surface area (TPSA) is 49.7 Å². The third-order valence-electron chi connectivity index (χ3n) is 2.96. The van der Waals surface area contributed by atoms with Crippen LogP contribution in [-0.2, 0) is 6.42 Å². The Bertz CT molecular complexity index is 362. The first-order chi connectivity index (χ1) is 7.13. The van der Waals surface area contributed by atoms with E-state index in [-0.39, 0.29) is 18.0 Å². The van der Waals surface area contributed by atoms with Crippen molar-refractivity contribution >= 4 is 0 Å². The van der Waals surface area contributed by atoms with Crippen molar-refractivity contribution in [2.24, 2.45) is 0 Å². The summed E-state index contributed by atoms with van der Waals surface area (Å²) in [6.07, 6.45) is 2.41. The largest absolute Gasteiger partial charge is 0.508 e. The second-order valence-electron chi connectivity index (χ2n) is 4.32. The highest BCUT2D eigenvalue weighted by atomic mass is 16.5. The lowest BCUT2D eigenvalue weighted by Gasteiger charge is -2.35. The van der Waals surface area contributed by atoms with Crippen molar-refractivity contribution < 1.29 is 14.9 Å². The van der Waals surface area contributed by atoms with Gasteiger partial charge in [0.2, 0.25) is 0 Å². The van der Waals surface area contributed by atoms with Crippen LogP contribution in [0.15, 0.2) is 18.2 Å². The van der Waals surface area contributed by atoms with Gasteiger partial charge >= 0.3 is 0 Å². The van der Waals surface area contributed by atoms with Crippen molar-refractivity contribution in [1.82, 2.24) is 0 Å². The van der Waals surface area contributed by atoms with Crippen molar-refractivity contribution in [1.29, 1.82) is 0 Å². The lowest BCUT2D eigenvalue weighted by molar-refractivity contribution is 0.0388. The summed E-state index contributed by atoms with van der Waals surface area (Å²) in [5.74, 6) is 1.11. The molecule has 3 heteroatoms. The number of aryl methyl sites for hydroxylation is 1. The van der Waals surface area contributed by atoms with Gasteiger partial charge in [-0.3, -0.25) is 0 Å². The normalized spacial score (nSPS) is 24.4. The molecule has 1 atom stereocenters. The summed E-state index contributed by atoms with van der Waals surface area (Å²) in [7, 11) is 0. The van der Waals surface area contributed by atoms with Gasteiger partial charge in [-0.05, 0) is 43.5 Å². The van der Waals surface area contributed by atoms with Crippen LogP contribution in [0.25, 0.3) is 0 Å². The average molecular weight is 208 g/mol. The first-order valence-electron chi connectivity index (χ1n) is 5.25. The molecule has 3 nitrogen and oxygen atoms in total. The molecule has 0 fully saturated rings. The zero-order valence-electron chi connectivity index (χ0n) is 8.86. The number of benzene rings is 1. The second kappa shape index (κ2) is 3.74. The van der Waals surface area contributed by atoms with Gasteiger partial charge in [-0.15, -0.1) is 0 Å². The van der Waals surface area contributed by atoms with Crippen LogP contribution in [0.3, 0.4) is 0 Å². The van der Waals surface area contributed by atoms with E-state index in [4.69, 9.17) is 9.84 Å². The molecule has 1 aromatic carbocycles. The first kappa shape index (κ1) is 10.3. The fourth-order valence-electron chi connectivity index (χ4n) is 1.99. The molecule has 0 aromatic heterocycles. The molecule has 1 aliphatic heterocycles. The van der Waals surface area contributed by atoms with Gasteiger partial charge in [-0.2, -0.15) is 0 Å². The Balaban J connectivity index is 2.23. The van der Waals surface area contributed by atoms with Gasteiger partial charge in [-0.25, -0.2) is 0 Å². The number of rotatable bonds is 2. The van der Waals surface area contributed by atoms with Gasteiger partial charge in [0, 0.05) is 13.0 Å². The molecule has 2 rings (SSSR count). The molecule has 0 bridgehead atoms. The summed E-state index contributed by atoms with van der Waals surface area (Å²) in [4.78, 5) is 0. The quantitative estimate of drug-likeness (QED) is 0.780. The molecule has 1 aliphatic rings. The third-order valence-corrected chi connectivity index (χ3v) is 2.96. The number of phenols is 1. The molecule has 0 aliphatic carbocycles. The summed E-state index contributed by atoms with van der Waals surface area (Å²) in [5.41, 5.74) is 0.782. The Morgan fingerprint density at radius 2 is 2.27 bits per heavy atom. The van der Waals surface area contributed by atoms with Crippen molar-refractivity contribution in [2.45, 2.75) is 31.8 Å². The number of aromatic hydroxyl groups is 1. The van der Waals surface area contributed by atoms with E-state index in [1.807, 2.05) is 6.92 Å². The third kappa shape index (κ3) is 2.07. The van der Waals surface area contributed by atoms with E-state index in [1.165, 1.54) is 0 Å². The number of ether oxygens (including phenoxy) is 1. The lowest BCUT2D eigenvalue weighted by atomic mass is 9.90. The SMILES string of the molecule is CC1(CCO)CCc2cc(O)ccc2O1. The molecule has 0 spiro atoms. The minimum atomic E-state index is -0.265. The Hall–Kier alpha value is -1.22. The van der Waals surface area contributed by atoms with E-state index in [0.717, 1.165) is 24.2 Å². The highest BCUT2D eigenvalue weighted by Crippen LogP contribution is 2.36. The summed E-state index contributed by atoms with van der Waals surface area (Å²) in [6, 6.07) is 5.16. The van der Waals surface area contributed by atoms with Crippen LogP contribution in [0.1, 0.15) is 25.3 Å². The van der Waals surface area contributed by atoms with Gasteiger partial charge in [-0.1, -0.05) is 0 Å². The Labute approximate surface area is 89.3 Å². The van der Waals surface area contributed by atoms with Gasteiger partial charge in [0.1, 0.15) is 17.1 Å². The number of hydrogen-bond acceptors (Lipinski definition) is 3. The minimum Gasteiger partial charge on any atom is -0.508 e. The fraction of sp³-hybridized carbons (Fsp3) is 0.500. The predicted octanol–water partition coefficient (Wildman–Crippen LogP) is 1.86. The summed E-state index contributed by atoms with van der Waals surface area (Å²) < 4.78 is 5.84. The first-order valence-corrected chi connectivity index (χ1v) is 5.25. The predicted molar refractivity (Wildman–Crippen MR) is 57.2 cm³/mol. The summed E-state index contributed by atoms with van der Waals surface area (Å²) in [6.45, 7) is 2.16. The van der Waals surface area contributed by atoms with Crippen LogP contribution < -0.4 is 4.74 Å². The highest BCUT2D eigenvalue weighted by Gasteiger charge is 2.30.